The van der Waals surface area contributed by atoms with Gasteiger partial charge in [-0.25, -0.2) is 4.39 Å². The van der Waals surface area contributed by atoms with E-state index in [4.69, 9.17) is 9.15 Å². The minimum Gasteiger partial charge on any atom is -0.497 e. The van der Waals surface area contributed by atoms with Gasteiger partial charge in [0.15, 0.2) is 5.88 Å². The predicted octanol–water partition coefficient (Wildman–Crippen LogP) is 7.25. The maximum absolute atomic E-state index is 14.0. The summed E-state index contributed by atoms with van der Waals surface area (Å²) in [5, 5.41) is 3.28. The van der Waals surface area contributed by atoms with Crippen LogP contribution in [0.1, 0.15) is 34.0 Å². The topological polar surface area (TPSA) is 58.0 Å². The lowest BCUT2D eigenvalue weighted by atomic mass is 10.0. The molecule has 1 fully saturated rings. The van der Waals surface area contributed by atoms with Gasteiger partial charge in [0.2, 0.25) is 0 Å². The van der Waals surface area contributed by atoms with Crippen molar-refractivity contribution in [3.8, 4) is 17.1 Å². The third kappa shape index (κ3) is 6.22. The highest BCUT2D eigenvalue weighted by molar-refractivity contribution is 6.02. The Hall–Kier alpha value is -4.47. The number of amides is 1. The van der Waals surface area contributed by atoms with Gasteiger partial charge in [-0.15, -0.1) is 0 Å². The van der Waals surface area contributed by atoms with Crippen molar-refractivity contribution in [2.75, 3.05) is 43.5 Å². The minimum atomic E-state index is -4.48. The van der Waals surface area contributed by atoms with Crippen LogP contribution in [0.2, 0.25) is 0 Å². The van der Waals surface area contributed by atoms with Gasteiger partial charge in [0, 0.05) is 49.5 Å². The Morgan fingerprint density at radius 3 is 2.14 bits per heavy atom. The number of piperazine rings is 1. The number of nitrogens with zero attached hydrogens (tertiary/aromatic N) is 2. The molecule has 2 heterocycles. The molecule has 4 aromatic rings. The summed E-state index contributed by atoms with van der Waals surface area (Å²) in [7, 11) is 1.59. The standard InChI is InChI=1S/C32H31F4N3O3/c1-3-27-28(31(40)39-18-16-38(17-19-39)25-12-10-24(33)11-13-25)29(22-6-8-23(9-7-22)32(34,35)36)42-30(27)37-20-21-4-14-26(41-2)15-5-21/h4-15,37H,3,16-20H2,1-2H3. The Bertz CT molecular complexity index is 1510. The van der Waals surface area contributed by atoms with Crippen molar-refractivity contribution in [1.82, 2.24) is 4.90 Å². The maximum Gasteiger partial charge on any atom is 0.416 e. The molecule has 0 unspecified atom stereocenters. The molecule has 6 nitrogen and oxygen atoms in total. The van der Waals surface area contributed by atoms with Crippen LogP contribution in [-0.2, 0) is 19.1 Å². The van der Waals surface area contributed by atoms with Gasteiger partial charge in [-0.3, -0.25) is 4.79 Å². The van der Waals surface area contributed by atoms with Crippen molar-refractivity contribution < 1.29 is 31.5 Å². The van der Waals surface area contributed by atoms with Crippen molar-refractivity contribution in [1.29, 1.82) is 0 Å². The third-order valence-electron chi connectivity index (χ3n) is 7.42. The summed E-state index contributed by atoms with van der Waals surface area (Å²) in [6.07, 6.45) is -4.02. The number of anilines is 2. The molecule has 0 atom stereocenters. The summed E-state index contributed by atoms with van der Waals surface area (Å²) < 4.78 is 64.6. The fourth-order valence-electron chi connectivity index (χ4n) is 5.09. The lowest BCUT2D eigenvalue weighted by molar-refractivity contribution is -0.137. The summed E-state index contributed by atoms with van der Waals surface area (Å²) in [4.78, 5) is 17.8. The first-order valence-corrected chi connectivity index (χ1v) is 13.7. The van der Waals surface area contributed by atoms with E-state index in [-0.39, 0.29) is 17.5 Å². The maximum atomic E-state index is 14.0. The molecule has 1 amide bonds. The molecule has 1 N–H and O–H groups in total. The van der Waals surface area contributed by atoms with Gasteiger partial charge in [0.1, 0.15) is 17.3 Å². The molecule has 10 heteroatoms. The number of hydrogen-bond donors (Lipinski definition) is 1. The highest BCUT2D eigenvalue weighted by atomic mass is 19.4. The van der Waals surface area contributed by atoms with Crippen LogP contribution in [0.5, 0.6) is 5.75 Å². The Morgan fingerprint density at radius 1 is 0.929 bits per heavy atom. The van der Waals surface area contributed by atoms with E-state index < -0.39 is 11.7 Å². The monoisotopic (exact) mass is 581 g/mol. The first-order chi connectivity index (χ1) is 20.2. The van der Waals surface area contributed by atoms with Crippen LogP contribution in [0.3, 0.4) is 0 Å². The van der Waals surface area contributed by atoms with E-state index in [1.165, 1.54) is 24.3 Å². The van der Waals surface area contributed by atoms with Crippen LogP contribution in [-0.4, -0.2) is 44.1 Å². The van der Waals surface area contributed by atoms with E-state index in [0.29, 0.717) is 61.7 Å². The Balaban J connectivity index is 1.44. The molecule has 42 heavy (non-hydrogen) atoms. The average Bonchev–Trinajstić information content (AvgIpc) is 3.38. The van der Waals surface area contributed by atoms with Gasteiger partial charge in [-0.2, -0.15) is 13.2 Å². The van der Waals surface area contributed by atoms with Crippen LogP contribution in [0.25, 0.3) is 11.3 Å². The number of furan rings is 1. The smallest absolute Gasteiger partial charge is 0.416 e. The molecule has 0 saturated carbocycles. The summed E-state index contributed by atoms with van der Waals surface area (Å²) in [5.41, 5.74) is 2.42. The third-order valence-corrected chi connectivity index (χ3v) is 7.42. The van der Waals surface area contributed by atoms with Crippen molar-refractivity contribution >= 4 is 17.5 Å². The normalized spacial score (nSPS) is 13.8. The van der Waals surface area contributed by atoms with Crippen LogP contribution >= 0.6 is 0 Å². The number of alkyl halides is 3. The number of carbonyl (C=O) groups is 1. The second kappa shape index (κ2) is 12.2. The molecule has 0 aliphatic carbocycles. The highest BCUT2D eigenvalue weighted by Gasteiger charge is 2.33. The lowest BCUT2D eigenvalue weighted by Crippen LogP contribution is -2.49. The molecule has 0 radical (unpaired) electrons. The van der Waals surface area contributed by atoms with E-state index in [1.807, 2.05) is 31.2 Å². The zero-order valence-electron chi connectivity index (χ0n) is 23.3. The molecule has 1 aromatic heterocycles. The van der Waals surface area contributed by atoms with Crippen molar-refractivity contribution in [3.63, 3.8) is 0 Å². The van der Waals surface area contributed by atoms with Crippen molar-refractivity contribution in [2.24, 2.45) is 0 Å². The van der Waals surface area contributed by atoms with E-state index in [1.54, 1.807) is 24.1 Å². The molecule has 3 aromatic carbocycles. The number of ether oxygens (including phenoxy) is 1. The Kier molecular flexibility index (Phi) is 8.42. The molecular weight excluding hydrogens is 550 g/mol. The lowest BCUT2D eigenvalue weighted by Gasteiger charge is -2.36. The average molecular weight is 582 g/mol. The highest BCUT2D eigenvalue weighted by Crippen LogP contribution is 2.38. The second-order valence-electron chi connectivity index (χ2n) is 10.00. The van der Waals surface area contributed by atoms with Crippen LogP contribution in [0.15, 0.2) is 77.2 Å². The molecule has 0 spiro atoms. The summed E-state index contributed by atoms with van der Waals surface area (Å²) >= 11 is 0. The van der Waals surface area contributed by atoms with Crippen molar-refractivity contribution in [3.05, 3.63) is 101 Å². The summed E-state index contributed by atoms with van der Waals surface area (Å²) in [6, 6.07) is 18.4. The van der Waals surface area contributed by atoms with Gasteiger partial charge >= 0.3 is 6.18 Å². The van der Waals surface area contributed by atoms with Gasteiger partial charge in [0.25, 0.3) is 5.91 Å². The van der Waals surface area contributed by atoms with Gasteiger partial charge in [-0.1, -0.05) is 31.2 Å². The molecule has 220 valence electrons. The number of halogens is 4. The second-order valence-corrected chi connectivity index (χ2v) is 10.00. The fraction of sp³-hybridized carbons (Fsp3) is 0.281. The van der Waals surface area contributed by atoms with E-state index in [2.05, 4.69) is 10.2 Å². The Labute approximate surface area is 241 Å². The van der Waals surface area contributed by atoms with Crippen LogP contribution in [0, 0.1) is 5.82 Å². The zero-order valence-corrected chi connectivity index (χ0v) is 23.3. The molecule has 1 aliphatic heterocycles. The molecule has 1 aliphatic rings. The van der Waals surface area contributed by atoms with Gasteiger partial charge in [0.05, 0.1) is 18.2 Å². The van der Waals surface area contributed by atoms with Gasteiger partial charge in [-0.05, 0) is 60.5 Å². The SMILES string of the molecule is CCc1c(NCc2ccc(OC)cc2)oc(-c2ccc(C(F)(F)F)cc2)c1C(=O)N1CCN(c2ccc(F)cc2)CC1. The largest absolute Gasteiger partial charge is 0.497 e. The predicted molar refractivity (Wildman–Crippen MR) is 153 cm³/mol. The number of carbonyl (C=O) groups excluding carboxylic acids is 1. The fourth-order valence-corrected chi connectivity index (χ4v) is 5.09. The molecule has 0 bridgehead atoms. The zero-order chi connectivity index (χ0) is 29.9. The first kappa shape index (κ1) is 29.0. The number of rotatable bonds is 8. The number of methoxy groups -OCH3 is 1. The number of hydrogen-bond acceptors (Lipinski definition) is 5. The number of benzene rings is 3. The minimum absolute atomic E-state index is 0.226. The quantitative estimate of drug-likeness (QED) is 0.222. The van der Waals surface area contributed by atoms with E-state index in [0.717, 1.165) is 29.1 Å². The molecular formula is C32H31F4N3O3. The summed E-state index contributed by atoms with van der Waals surface area (Å²) in [5.74, 6) is 0.789. The number of nitrogens with one attached hydrogen (secondary N) is 1. The molecule has 5 rings (SSSR count). The van der Waals surface area contributed by atoms with Gasteiger partial charge < -0.3 is 24.3 Å². The first-order valence-electron chi connectivity index (χ1n) is 13.7. The Morgan fingerprint density at radius 2 is 1.57 bits per heavy atom. The van der Waals surface area contributed by atoms with E-state index >= 15 is 0 Å². The summed E-state index contributed by atoms with van der Waals surface area (Å²) in [6.45, 7) is 4.26. The van der Waals surface area contributed by atoms with Crippen LogP contribution < -0.4 is 15.0 Å². The van der Waals surface area contributed by atoms with Crippen molar-refractivity contribution in [2.45, 2.75) is 26.1 Å². The van der Waals surface area contributed by atoms with Crippen LogP contribution in [0.4, 0.5) is 29.1 Å². The van der Waals surface area contributed by atoms with E-state index in [9.17, 15) is 22.4 Å². The molecule has 1 saturated heterocycles.